The highest BCUT2D eigenvalue weighted by Crippen LogP contribution is 2.24. The highest BCUT2D eigenvalue weighted by molar-refractivity contribution is 5.90. The average Bonchev–Trinajstić information content (AvgIpc) is 2.64. The zero-order chi connectivity index (χ0) is 20.1. The molecule has 3 rings (SSSR count). The van der Waals surface area contributed by atoms with Crippen LogP contribution in [0.25, 0.3) is 10.9 Å². The topological polar surface area (TPSA) is 86.1 Å². The Bertz CT molecular complexity index is 1030. The first-order chi connectivity index (χ1) is 13.3. The van der Waals surface area contributed by atoms with Gasteiger partial charge in [-0.2, -0.15) is 0 Å². The molecule has 1 amide bonds. The average molecular weight is 392 g/mol. The normalized spacial score (nSPS) is 11.4. The van der Waals surface area contributed by atoms with Gasteiger partial charge in [-0.05, 0) is 42.8 Å². The minimum Gasteiger partial charge on any atom is -0.406 e. The lowest BCUT2D eigenvalue weighted by Crippen LogP contribution is -2.25. The van der Waals surface area contributed by atoms with Gasteiger partial charge in [0.2, 0.25) is 5.91 Å². The van der Waals surface area contributed by atoms with Gasteiger partial charge in [-0.3, -0.25) is 9.59 Å². The number of ether oxygens (including phenoxy) is 1. The van der Waals surface area contributed by atoms with E-state index < -0.39 is 6.36 Å². The van der Waals surface area contributed by atoms with Gasteiger partial charge in [0.25, 0.3) is 5.56 Å². The van der Waals surface area contributed by atoms with Crippen LogP contribution in [0.15, 0.2) is 53.3 Å². The van der Waals surface area contributed by atoms with Gasteiger partial charge >= 0.3 is 6.36 Å². The lowest BCUT2D eigenvalue weighted by atomic mass is 10.2. The van der Waals surface area contributed by atoms with Crippen molar-refractivity contribution in [2.24, 2.45) is 0 Å². The Hall–Kier alpha value is -3.43. The fourth-order valence-electron chi connectivity index (χ4n) is 2.52. The number of hydrogen-bond donors (Lipinski definition) is 1. The first kappa shape index (κ1) is 19.3. The molecule has 1 aromatic heterocycles. The van der Waals surface area contributed by atoms with Crippen LogP contribution < -0.4 is 15.6 Å². The fraction of sp³-hybridized carbons (Fsp3) is 0.222. The number of benzene rings is 2. The van der Waals surface area contributed by atoms with Crippen molar-refractivity contribution in [1.82, 2.24) is 15.0 Å². The molecule has 146 valence electrons. The van der Waals surface area contributed by atoms with E-state index in [2.05, 4.69) is 20.4 Å². The maximum absolute atomic E-state index is 12.3. The van der Waals surface area contributed by atoms with Crippen LogP contribution in [0.2, 0.25) is 0 Å². The first-order valence-corrected chi connectivity index (χ1v) is 8.30. The molecular formula is C18H15F3N4O3. The number of fused-ring (bicyclic) bond motifs is 1. The highest BCUT2D eigenvalue weighted by atomic mass is 19.4. The lowest BCUT2D eigenvalue weighted by Gasteiger charge is -2.10. The summed E-state index contributed by atoms with van der Waals surface area (Å²) in [6.45, 7) is 0.211. The zero-order valence-corrected chi connectivity index (χ0v) is 14.4. The van der Waals surface area contributed by atoms with Gasteiger partial charge in [-0.25, -0.2) is 4.68 Å². The van der Waals surface area contributed by atoms with E-state index >= 15 is 0 Å². The van der Waals surface area contributed by atoms with Crippen LogP contribution in [0.1, 0.15) is 12.8 Å². The van der Waals surface area contributed by atoms with Crippen LogP contribution in [0, 0.1) is 0 Å². The van der Waals surface area contributed by atoms with Gasteiger partial charge in [0.05, 0.1) is 5.39 Å². The summed E-state index contributed by atoms with van der Waals surface area (Å²) < 4.78 is 41.3. The molecule has 0 aliphatic rings. The predicted molar refractivity (Wildman–Crippen MR) is 94.8 cm³/mol. The number of carbonyl (C=O) groups is 1. The molecule has 0 unspecified atom stereocenters. The quantitative estimate of drug-likeness (QED) is 0.697. The Morgan fingerprint density at radius 3 is 2.54 bits per heavy atom. The van der Waals surface area contributed by atoms with E-state index in [0.717, 1.165) is 12.1 Å². The standard InChI is InChI=1S/C18H15F3N4O3/c19-18(20,21)28-13-9-7-12(8-10-13)22-16(26)6-3-11-25-17(27)14-4-1-2-5-15(14)23-24-25/h1-2,4-5,7-10H,3,6,11H2,(H,22,26). The number of nitrogens with one attached hydrogen (secondary N) is 1. The first-order valence-electron chi connectivity index (χ1n) is 8.30. The van der Waals surface area contributed by atoms with Crippen LogP contribution in [0.3, 0.4) is 0 Å². The second-order valence-electron chi connectivity index (χ2n) is 5.86. The highest BCUT2D eigenvalue weighted by Gasteiger charge is 2.30. The summed E-state index contributed by atoms with van der Waals surface area (Å²) in [6, 6.07) is 11.6. The molecule has 0 spiro atoms. The Balaban J connectivity index is 1.52. The number of amides is 1. The molecule has 0 atom stereocenters. The van der Waals surface area contributed by atoms with Crippen molar-refractivity contribution in [3.63, 3.8) is 0 Å². The molecule has 0 radical (unpaired) electrons. The maximum atomic E-state index is 12.3. The Morgan fingerprint density at radius 2 is 1.82 bits per heavy atom. The van der Waals surface area contributed by atoms with Crippen LogP contribution in [-0.2, 0) is 11.3 Å². The van der Waals surface area contributed by atoms with E-state index in [4.69, 9.17) is 0 Å². The largest absolute Gasteiger partial charge is 0.573 e. The van der Waals surface area contributed by atoms with Crippen molar-refractivity contribution in [2.75, 3.05) is 5.32 Å². The van der Waals surface area contributed by atoms with Gasteiger partial charge in [0.1, 0.15) is 11.3 Å². The molecule has 0 aliphatic carbocycles. The van der Waals surface area contributed by atoms with Crippen LogP contribution in [-0.4, -0.2) is 27.3 Å². The van der Waals surface area contributed by atoms with Gasteiger partial charge < -0.3 is 10.1 Å². The number of aryl methyl sites for hydroxylation is 1. The molecule has 0 bridgehead atoms. The lowest BCUT2D eigenvalue weighted by molar-refractivity contribution is -0.274. The van der Waals surface area contributed by atoms with Crippen LogP contribution >= 0.6 is 0 Å². The molecule has 2 aromatic carbocycles. The molecular weight excluding hydrogens is 377 g/mol. The van der Waals surface area contributed by atoms with Crippen molar-refractivity contribution in [1.29, 1.82) is 0 Å². The summed E-state index contributed by atoms with van der Waals surface area (Å²) >= 11 is 0. The SMILES string of the molecule is O=C(CCCn1nnc2ccccc2c1=O)Nc1ccc(OC(F)(F)F)cc1. The van der Waals surface area contributed by atoms with E-state index in [1.807, 2.05) is 0 Å². The number of halogens is 3. The summed E-state index contributed by atoms with van der Waals surface area (Å²) in [5.41, 5.74) is 0.549. The van der Waals surface area contributed by atoms with Crippen molar-refractivity contribution in [3.8, 4) is 5.75 Å². The smallest absolute Gasteiger partial charge is 0.406 e. The van der Waals surface area contributed by atoms with E-state index in [9.17, 15) is 22.8 Å². The van der Waals surface area contributed by atoms with E-state index in [0.29, 0.717) is 23.0 Å². The maximum Gasteiger partial charge on any atom is 0.573 e. The van der Waals surface area contributed by atoms with Crippen molar-refractivity contribution in [2.45, 2.75) is 25.7 Å². The van der Waals surface area contributed by atoms with E-state index in [-0.39, 0.29) is 30.2 Å². The van der Waals surface area contributed by atoms with Gasteiger partial charge in [0.15, 0.2) is 0 Å². The number of alkyl halides is 3. The molecule has 0 saturated carbocycles. The summed E-state index contributed by atoms with van der Waals surface area (Å²) in [4.78, 5) is 24.3. The number of aromatic nitrogens is 3. The number of nitrogens with zero attached hydrogens (tertiary/aromatic N) is 3. The predicted octanol–water partition coefficient (Wildman–Crippen LogP) is 3.11. The number of rotatable bonds is 6. The van der Waals surface area contributed by atoms with E-state index in [1.165, 1.54) is 16.8 Å². The molecule has 3 aromatic rings. The summed E-state index contributed by atoms with van der Waals surface area (Å²) in [5, 5.41) is 10.8. The van der Waals surface area contributed by atoms with Crippen molar-refractivity contribution < 1.29 is 22.7 Å². The van der Waals surface area contributed by atoms with Crippen LogP contribution in [0.5, 0.6) is 5.75 Å². The second-order valence-corrected chi connectivity index (χ2v) is 5.86. The molecule has 0 fully saturated rings. The fourth-order valence-corrected chi connectivity index (χ4v) is 2.52. The molecule has 1 N–H and O–H groups in total. The Kier molecular flexibility index (Phi) is 5.57. The van der Waals surface area contributed by atoms with Crippen molar-refractivity contribution >= 4 is 22.5 Å². The van der Waals surface area contributed by atoms with Crippen LogP contribution in [0.4, 0.5) is 18.9 Å². The molecule has 0 saturated heterocycles. The molecule has 7 nitrogen and oxygen atoms in total. The van der Waals surface area contributed by atoms with Gasteiger partial charge in [0, 0.05) is 18.7 Å². The summed E-state index contributed by atoms with van der Waals surface area (Å²) in [7, 11) is 0. The third-order valence-electron chi connectivity index (χ3n) is 3.77. The Labute approximate surface area is 156 Å². The van der Waals surface area contributed by atoms with Gasteiger partial charge in [-0.15, -0.1) is 18.3 Å². The summed E-state index contributed by atoms with van der Waals surface area (Å²) in [5.74, 6) is -0.717. The Morgan fingerprint density at radius 1 is 1.11 bits per heavy atom. The number of anilines is 1. The second kappa shape index (κ2) is 8.07. The zero-order valence-electron chi connectivity index (χ0n) is 14.4. The molecule has 1 heterocycles. The van der Waals surface area contributed by atoms with Gasteiger partial charge in [-0.1, -0.05) is 17.3 Å². The third-order valence-corrected chi connectivity index (χ3v) is 3.77. The third kappa shape index (κ3) is 5.06. The van der Waals surface area contributed by atoms with Crippen molar-refractivity contribution in [3.05, 3.63) is 58.9 Å². The summed E-state index contributed by atoms with van der Waals surface area (Å²) in [6.07, 6.45) is -4.33. The minimum atomic E-state index is -4.77. The monoisotopic (exact) mass is 392 g/mol. The number of hydrogen-bond acceptors (Lipinski definition) is 5. The molecule has 28 heavy (non-hydrogen) atoms. The minimum absolute atomic E-state index is 0.0990. The molecule has 10 heteroatoms. The number of carbonyl (C=O) groups excluding carboxylic acids is 1. The molecule has 0 aliphatic heterocycles. The van der Waals surface area contributed by atoms with E-state index in [1.54, 1.807) is 24.3 Å².